The van der Waals surface area contributed by atoms with Gasteiger partial charge in [0.15, 0.2) is 5.82 Å². The minimum Gasteiger partial charge on any atom is -0.369 e. The molecule has 1 atom stereocenters. The highest BCUT2D eigenvalue weighted by atomic mass is 32.2. The van der Waals surface area contributed by atoms with E-state index in [1.165, 1.54) is 6.20 Å². The molecule has 230 valence electrons. The molecule has 0 aliphatic carbocycles. The Morgan fingerprint density at radius 1 is 1.05 bits per heavy atom. The van der Waals surface area contributed by atoms with Gasteiger partial charge in [-0.15, -0.1) is 0 Å². The molecule has 4 aromatic rings. The molecule has 4 heterocycles. The van der Waals surface area contributed by atoms with E-state index < -0.39 is 45.0 Å². The van der Waals surface area contributed by atoms with E-state index in [-0.39, 0.29) is 25.1 Å². The Hall–Kier alpha value is -4.27. The van der Waals surface area contributed by atoms with Gasteiger partial charge in [0.1, 0.15) is 23.9 Å². The molecular weight excluding hydrogens is 597 g/mol. The van der Waals surface area contributed by atoms with Crippen molar-refractivity contribution in [3.05, 3.63) is 77.6 Å². The van der Waals surface area contributed by atoms with Crippen LogP contribution < -0.4 is 9.62 Å². The van der Waals surface area contributed by atoms with Crippen LogP contribution in [0.2, 0.25) is 0 Å². The first-order valence-electron chi connectivity index (χ1n) is 14.1. The lowest BCUT2D eigenvalue weighted by molar-refractivity contribution is -0.108. The predicted octanol–water partition coefficient (Wildman–Crippen LogP) is 3.76. The molecule has 2 aromatic carbocycles. The van der Waals surface area contributed by atoms with Crippen molar-refractivity contribution in [1.29, 1.82) is 0 Å². The van der Waals surface area contributed by atoms with E-state index in [4.69, 9.17) is 0 Å². The zero-order valence-corrected chi connectivity index (χ0v) is 24.3. The second-order valence-corrected chi connectivity index (χ2v) is 12.5. The lowest BCUT2D eigenvalue weighted by Crippen LogP contribution is -2.46. The molecule has 2 aromatic heterocycles. The van der Waals surface area contributed by atoms with E-state index in [2.05, 4.69) is 19.8 Å². The van der Waals surface area contributed by atoms with Crippen LogP contribution in [0, 0.1) is 11.6 Å². The van der Waals surface area contributed by atoms with Gasteiger partial charge in [-0.25, -0.2) is 18.2 Å². The Kier molecular flexibility index (Phi) is 8.14. The summed E-state index contributed by atoms with van der Waals surface area (Å²) in [6, 6.07) is 11.2. The quantitative estimate of drug-likeness (QED) is 0.215. The highest BCUT2D eigenvalue weighted by molar-refractivity contribution is 7.90. The van der Waals surface area contributed by atoms with Gasteiger partial charge in [-0.1, -0.05) is 12.1 Å². The normalized spacial score (nSPS) is 18.2. The number of aldehydes is 1. The number of rotatable bonds is 9. The van der Waals surface area contributed by atoms with Crippen LogP contribution in [0.3, 0.4) is 0 Å². The van der Waals surface area contributed by atoms with Crippen molar-refractivity contribution in [3.8, 4) is 11.1 Å². The molecule has 0 saturated carbocycles. The Morgan fingerprint density at radius 3 is 2.48 bits per heavy atom. The van der Waals surface area contributed by atoms with Crippen LogP contribution in [-0.2, 0) is 15.0 Å². The van der Waals surface area contributed by atoms with Crippen LogP contribution in [-0.4, -0.2) is 91.6 Å². The maximum atomic E-state index is 15.5. The second kappa shape index (κ2) is 12.0. The molecule has 44 heavy (non-hydrogen) atoms. The summed E-state index contributed by atoms with van der Waals surface area (Å²) < 4.78 is 72.2. The number of alkyl halides is 1. The topological polar surface area (TPSA) is 119 Å². The number of hydrogen-bond donors (Lipinski definition) is 2. The van der Waals surface area contributed by atoms with E-state index in [1.54, 1.807) is 12.3 Å². The standard InChI is InChI=1S/C30H29F3N6O4S/c31-21-7-8-39(18-21)44(42,43)36-26-6-5-25(32)27(28(26)33)29(41)24-17-35-30-23(24)15-20(16-34-30)19-1-3-22(4-2-19)38-11-9-37(10-12-38)13-14-40/h1-6,14-17,21,36H,7-13,18H2,(H,34,35). The van der Waals surface area contributed by atoms with Gasteiger partial charge >= 0.3 is 10.2 Å². The summed E-state index contributed by atoms with van der Waals surface area (Å²) in [4.78, 5) is 35.9. The number of carbonyl (C=O) groups excluding carboxylic acids is 2. The number of halogens is 3. The van der Waals surface area contributed by atoms with Crippen LogP contribution >= 0.6 is 0 Å². The van der Waals surface area contributed by atoms with Crippen molar-refractivity contribution < 1.29 is 31.2 Å². The maximum Gasteiger partial charge on any atom is 0.301 e. The molecule has 1 unspecified atom stereocenters. The monoisotopic (exact) mass is 626 g/mol. The van der Waals surface area contributed by atoms with Gasteiger partial charge in [0.05, 0.1) is 17.8 Å². The number of carbonyl (C=O) groups is 2. The third-order valence-electron chi connectivity index (χ3n) is 8.04. The number of nitrogens with zero attached hydrogens (tertiary/aromatic N) is 4. The number of ketones is 1. The van der Waals surface area contributed by atoms with Crippen LogP contribution in [0.25, 0.3) is 22.2 Å². The fourth-order valence-corrected chi connectivity index (χ4v) is 6.86. The van der Waals surface area contributed by atoms with Crippen molar-refractivity contribution >= 4 is 44.7 Å². The Labute approximate surface area is 251 Å². The Bertz CT molecular complexity index is 1820. The number of aromatic nitrogens is 2. The molecule has 0 radical (unpaired) electrons. The van der Waals surface area contributed by atoms with Gasteiger partial charge in [-0.05, 0) is 42.3 Å². The van der Waals surface area contributed by atoms with E-state index in [0.29, 0.717) is 23.1 Å². The number of pyridine rings is 1. The molecule has 2 N–H and O–H groups in total. The first kappa shape index (κ1) is 29.8. The molecule has 0 bridgehead atoms. The highest BCUT2D eigenvalue weighted by Gasteiger charge is 2.33. The zero-order chi connectivity index (χ0) is 31.0. The molecule has 2 fully saturated rings. The molecule has 2 aliphatic rings. The SMILES string of the molecule is O=CCN1CCN(c2ccc(-c3cnc4[nH]cc(C(=O)c5c(F)ccc(NS(=O)(=O)N6CCC(F)C6)c5F)c4c3)cc2)CC1. The summed E-state index contributed by atoms with van der Waals surface area (Å²) >= 11 is 0. The molecule has 2 aliphatic heterocycles. The van der Waals surface area contributed by atoms with Gasteiger partial charge in [0.2, 0.25) is 5.78 Å². The summed E-state index contributed by atoms with van der Waals surface area (Å²) in [5.74, 6) is -3.54. The van der Waals surface area contributed by atoms with E-state index in [9.17, 15) is 26.8 Å². The predicted molar refractivity (Wildman–Crippen MR) is 160 cm³/mol. The number of H-pyrrole nitrogens is 1. The van der Waals surface area contributed by atoms with Crippen molar-refractivity contribution in [2.45, 2.75) is 12.6 Å². The van der Waals surface area contributed by atoms with Crippen LogP contribution in [0.1, 0.15) is 22.3 Å². The number of hydrogen-bond acceptors (Lipinski definition) is 7. The molecule has 0 amide bonds. The van der Waals surface area contributed by atoms with Crippen LogP contribution in [0.15, 0.2) is 54.9 Å². The molecule has 6 rings (SSSR count). The second-order valence-electron chi connectivity index (χ2n) is 10.8. The van der Waals surface area contributed by atoms with Gasteiger partial charge < -0.3 is 14.7 Å². The summed E-state index contributed by atoms with van der Waals surface area (Å²) in [5, 5.41) is 0.332. The lowest BCUT2D eigenvalue weighted by atomic mass is 9.99. The van der Waals surface area contributed by atoms with E-state index in [0.717, 1.165) is 60.2 Å². The molecule has 10 nitrogen and oxygen atoms in total. The number of nitrogens with one attached hydrogen (secondary N) is 2. The van der Waals surface area contributed by atoms with Crippen molar-refractivity contribution in [1.82, 2.24) is 19.2 Å². The maximum absolute atomic E-state index is 15.5. The van der Waals surface area contributed by atoms with Gasteiger partial charge in [-0.3, -0.25) is 14.4 Å². The largest absolute Gasteiger partial charge is 0.369 e. The molecular formula is C30H29F3N6O4S. The van der Waals surface area contributed by atoms with Gasteiger partial charge in [-0.2, -0.15) is 12.7 Å². The van der Waals surface area contributed by atoms with E-state index >= 15 is 4.39 Å². The molecule has 0 spiro atoms. The number of piperazine rings is 1. The minimum atomic E-state index is -4.33. The average molecular weight is 627 g/mol. The van der Waals surface area contributed by atoms with Gasteiger partial charge in [0.25, 0.3) is 0 Å². The van der Waals surface area contributed by atoms with Crippen LogP contribution in [0.4, 0.5) is 24.5 Å². The van der Waals surface area contributed by atoms with Crippen molar-refractivity contribution in [2.75, 3.05) is 55.4 Å². The number of anilines is 2. The molecule has 2 saturated heterocycles. The van der Waals surface area contributed by atoms with E-state index in [1.807, 2.05) is 29.0 Å². The number of fused-ring (bicyclic) bond motifs is 1. The minimum absolute atomic E-state index is 0.0119. The summed E-state index contributed by atoms with van der Waals surface area (Å²) in [6.07, 6.45) is 2.51. The van der Waals surface area contributed by atoms with Gasteiger partial charge in [0, 0.05) is 73.9 Å². The lowest BCUT2D eigenvalue weighted by Gasteiger charge is -2.35. The summed E-state index contributed by atoms with van der Waals surface area (Å²) in [6.45, 7) is 3.13. The first-order valence-corrected chi connectivity index (χ1v) is 15.5. The summed E-state index contributed by atoms with van der Waals surface area (Å²) in [5.41, 5.74) is 1.24. The smallest absolute Gasteiger partial charge is 0.301 e. The Morgan fingerprint density at radius 2 is 1.80 bits per heavy atom. The molecule has 14 heteroatoms. The first-order chi connectivity index (χ1) is 21.1. The van der Waals surface area contributed by atoms with Crippen molar-refractivity contribution in [2.24, 2.45) is 0 Å². The average Bonchev–Trinajstić information content (AvgIpc) is 3.66. The number of benzene rings is 2. The van der Waals surface area contributed by atoms with Crippen LogP contribution in [0.5, 0.6) is 0 Å². The third-order valence-corrected chi connectivity index (χ3v) is 9.53. The summed E-state index contributed by atoms with van der Waals surface area (Å²) in [7, 11) is -4.33. The Balaban J connectivity index is 1.25. The van der Waals surface area contributed by atoms with Crippen molar-refractivity contribution in [3.63, 3.8) is 0 Å². The number of aromatic amines is 1. The third kappa shape index (κ3) is 5.79. The zero-order valence-electron chi connectivity index (χ0n) is 23.5. The fraction of sp³-hybridized carbons (Fsp3) is 0.300. The highest BCUT2D eigenvalue weighted by Crippen LogP contribution is 2.31. The fourth-order valence-electron chi connectivity index (χ4n) is 5.59.